The van der Waals surface area contributed by atoms with Crippen LogP contribution < -0.4 is 5.11 Å². The van der Waals surface area contributed by atoms with Crippen LogP contribution in [0.2, 0.25) is 0 Å². The van der Waals surface area contributed by atoms with Crippen LogP contribution in [0.3, 0.4) is 0 Å². The van der Waals surface area contributed by atoms with E-state index >= 15 is 0 Å². The van der Waals surface area contributed by atoms with Gasteiger partial charge < -0.3 is 14.6 Å². The molecule has 2 fully saturated rings. The number of hydrogen-bond acceptors (Lipinski definition) is 4. The Morgan fingerprint density at radius 2 is 1.89 bits per heavy atom. The highest BCUT2D eigenvalue weighted by atomic mass is 16.5. The van der Waals surface area contributed by atoms with E-state index in [1.807, 2.05) is 13.8 Å². The number of esters is 1. The summed E-state index contributed by atoms with van der Waals surface area (Å²) in [6.45, 7) is 3.73. The highest BCUT2D eigenvalue weighted by Crippen LogP contribution is 2.58. The molecule has 0 aromatic heterocycles. The first-order valence-electron chi connectivity index (χ1n) is 6.52. The van der Waals surface area contributed by atoms with E-state index < -0.39 is 11.9 Å². The van der Waals surface area contributed by atoms with E-state index in [-0.39, 0.29) is 23.4 Å². The second-order valence-electron chi connectivity index (χ2n) is 5.85. The zero-order chi connectivity index (χ0) is 13.3. The Bertz CT molecular complexity index is 377. The number of aliphatic carboxylic acids is 1. The molecule has 0 spiro atoms. The van der Waals surface area contributed by atoms with Gasteiger partial charge in [-0.05, 0) is 37.0 Å². The predicted molar refractivity (Wildman–Crippen MR) is 63.3 cm³/mol. The molecule has 0 amide bonds. The predicted octanol–water partition coefficient (Wildman–Crippen LogP) is 1.05. The van der Waals surface area contributed by atoms with Gasteiger partial charge in [0.25, 0.3) is 0 Å². The van der Waals surface area contributed by atoms with Gasteiger partial charge in [0.1, 0.15) is 6.10 Å². The molecule has 4 nitrogen and oxygen atoms in total. The first-order valence-corrected chi connectivity index (χ1v) is 6.52. The molecule has 0 saturated heterocycles. The Hall–Kier alpha value is -1.32. The Labute approximate surface area is 107 Å². The van der Waals surface area contributed by atoms with E-state index in [4.69, 9.17) is 4.74 Å². The summed E-state index contributed by atoms with van der Waals surface area (Å²) >= 11 is 0. The lowest BCUT2D eigenvalue weighted by atomic mass is 10.1. The number of carboxylic acid groups (broad SMARTS) is 1. The molecule has 100 valence electrons. The number of carbonyl (C=O) groups excluding carboxylic acids is 2. The second-order valence-corrected chi connectivity index (χ2v) is 5.85. The third-order valence-corrected chi connectivity index (χ3v) is 4.19. The first-order chi connectivity index (χ1) is 8.43. The molecular formula is C14H19O4-. The number of rotatable bonds is 4. The summed E-state index contributed by atoms with van der Waals surface area (Å²) in [4.78, 5) is 22.4. The summed E-state index contributed by atoms with van der Waals surface area (Å²) in [7, 11) is 0. The highest BCUT2D eigenvalue weighted by molar-refractivity contribution is 5.83. The number of ether oxygens (including phenoxy) is 1. The van der Waals surface area contributed by atoms with Gasteiger partial charge in [0, 0.05) is 18.0 Å². The van der Waals surface area contributed by atoms with Crippen molar-refractivity contribution in [1.82, 2.24) is 0 Å². The number of hydrogen-bond donors (Lipinski definition) is 0. The minimum absolute atomic E-state index is 0.0475. The average Bonchev–Trinajstić information content (AvgIpc) is 2.63. The molecule has 0 aromatic carbocycles. The molecule has 2 aliphatic carbocycles. The van der Waals surface area contributed by atoms with Gasteiger partial charge in [-0.2, -0.15) is 0 Å². The topological polar surface area (TPSA) is 66.4 Å². The molecule has 2 saturated carbocycles. The molecule has 0 bridgehead atoms. The van der Waals surface area contributed by atoms with E-state index in [1.165, 1.54) is 6.08 Å². The van der Waals surface area contributed by atoms with E-state index in [2.05, 4.69) is 0 Å². The lowest BCUT2D eigenvalue weighted by molar-refractivity contribution is -0.309. The summed E-state index contributed by atoms with van der Waals surface area (Å²) < 4.78 is 5.26. The van der Waals surface area contributed by atoms with Crippen LogP contribution in [0.25, 0.3) is 0 Å². The minimum atomic E-state index is -1.04. The van der Waals surface area contributed by atoms with Crippen LogP contribution >= 0.6 is 0 Å². The molecule has 2 unspecified atom stereocenters. The second kappa shape index (κ2) is 4.75. The van der Waals surface area contributed by atoms with Crippen molar-refractivity contribution in [3.63, 3.8) is 0 Å². The van der Waals surface area contributed by atoms with Gasteiger partial charge in [-0.1, -0.05) is 19.9 Å². The van der Waals surface area contributed by atoms with E-state index in [0.29, 0.717) is 0 Å². The van der Waals surface area contributed by atoms with Crippen LogP contribution in [-0.4, -0.2) is 18.0 Å². The van der Waals surface area contributed by atoms with Gasteiger partial charge in [-0.25, -0.2) is 4.79 Å². The summed E-state index contributed by atoms with van der Waals surface area (Å²) in [5, 5.41) is 10.8. The van der Waals surface area contributed by atoms with Crippen LogP contribution in [0, 0.1) is 17.3 Å². The maximum absolute atomic E-state index is 11.5. The fraction of sp³-hybridized carbons (Fsp3) is 0.714. The molecule has 18 heavy (non-hydrogen) atoms. The molecular weight excluding hydrogens is 232 g/mol. The number of allylic oxidation sites excluding steroid dienone is 1. The van der Waals surface area contributed by atoms with Gasteiger partial charge in [-0.3, -0.25) is 0 Å². The molecule has 0 radical (unpaired) electrons. The molecule has 0 aromatic rings. The Morgan fingerprint density at radius 3 is 2.39 bits per heavy atom. The lowest BCUT2D eigenvalue weighted by Crippen LogP contribution is -2.26. The third-order valence-electron chi connectivity index (χ3n) is 4.19. The van der Waals surface area contributed by atoms with E-state index in [0.717, 1.165) is 25.7 Å². The monoisotopic (exact) mass is 251 g/mol. The number of carboxylic acids is 1. The maximum Gasteiger partial charge on any atom is 0.330 e. The summed E-state index contributed by atoms with van der Waals surface area (Å²) in [5.41, 5.74) is -0.316. The first kappa shape index (κ1) is 13.1. The standard InChI is InChI=1S/C14H20O4/c1-14(2)10(12(14)13(16)17)7-8-11(15)18-9-5-3-4-6-9/h7-10,12H,3-6H2,1-2H3,(H,16,17)/p-1/b8-7+. The van der Waals surface area contributed by atoms with Gasteiger partial charge in [0.15, 0.2) is 0 Å². The Balaban J connectivity index is 1.84. The van der Waals surface area contributed by atoms with Crippen molar-refractivity contribution in [2.24, 2.45) is 17.3 Å². The van der Waals surface area contributed by atoms with Crippen molar-refractivity contribution in [2.75, 3.05) is 0 Å². The van der Waals surface area contributed by atoms with Crippen molar-refractivity contribution >= 4 is 11.9 Å². The van der Waals surface area contributed by atoms with E-state index in [9.17, 15) is 14.7 Å². The van der Waals surface area contributed by atoms with Crippen molar-refractivity contribution in [2.45, 2.75) is 45.6 Å². The van der Waals surface area contributed by atoms with Crippen molar-refractivity contribution < 1.29 is 19.4 Å². The van der Waals surface area contributed by atoms with Crippen molar-refractivity contribution in [3.8, 4) is 0 Å². The van der Waals surface area contributed by atoms with Gasteiger partial charge in [0.05, 0.1) is 0 Å². The fourth-order valence-electron chi connectivity index (χ4n) is 2.88. The summed E-state index contributed by atoms with van der Waals surface area (Å²) in [6.07, 6.45) is 7.18. The van der Waals surface area contributed by atoms with Crippen LogP contribution in [0.5, 0.6) is 0 Å². The molecule has 4 heteroatoms. The van der Waals surface area contributed by atoms with E-state index in [1.54, 1.807) is 6.08 Å². The molecule has 2 aliphatic rings. The Morgan fingerprint density at radius 1 is 1.28 bits per heavy atom. The average molecular weight is 251 g/mol. The van der Waals surface area contributed by atoms with Crippen molar-refractivity contribution in [3.05, 3.63) is 12.2 Å². The van der Waals surface area contributed by atoms with Crippen LogP contribution in [-0.2, 0) is 14.3 Å². The zero-order valence-electron chi connectivity index (χ0n) is 10.8. The third kappa shape index (κ3) is 2.57. The zero-order valence-corrected chi connectivity index (χ0v) is 10.8. The highest BCUT2D eigenvalue weighted by Gasteiger charge is 2.56. The molecule has 0 aliphatic heterocycles. The van der Waals surface area contributed by atoms with Gasteiger partial charge in [-0.15, -0.1) is 0 Å². The van der Waals surface area contributed by atoms with Crippen LogP contribution in [0.1, 0.15) is 39.5 Å². The van der Waals surface area contributed by atoms with Crippen LogP contribution in [0.4, 0.5) is 0 Å². The lowest BCUT2D eigenvalue weighted by Gasteiger charge is -2.08. The minimum Gasteiger partial charge on any atom is -0.550 e. The van der Waals surface area contributed by atoms with Crippen molar-refractivity contribution in [1.29, 1.82) is 0 Å². The summed E-state index contributed by atoms with van der Waals surface area (Å²) in [5.74, 6) is -2.02. The smallest absolute Gasteiger partial charge is 0.330 e. The largest absolute Gasteiger partial charge is 0.550 e. The molecule has 2 rings (SSSR count). The van der Waals surface area contributed by atoms with Gasteiger partial charge in [0.2, 0.25) is 0 Å². The fourth-order valence-corrected chi connectivity index (χ4v) is 2.88. The summed E-state index contributed by atoms with van der Waals surface area (Å²) in [6, 6.07) is 0. The number of carbonyl (C=O) groups is 2. The Kier molecular flexibility index (Phi) is 3.46. The quantitative estimate of drug-likeness (QED) is 0.553. The molecule has 0 heterocycles. The van der Waals surface area contributed by atoms with Crippen LogP contribution in [0.15, 0.2) is 12.2 Å². The molecule has 2 atom stereocenters. The normalized spacial score (nSPS) is 30.6. The van der Waals surface area contributed by atoms with Gasteiger partial charge >= 0.3 is 5.97 Å². The maximum atomic E-state index is 11.5. The SMILES string of the molecule is CC1(C)C(/C=C/C(=O)OC2CCCC2)C1C(=O)[O-]. The molecule has 0 N–H and O–H groups in total.